The standard InChI is InChI=1S/C23H26O13/c1-11(25)30-10-19-20(32-13(3)27)21(33-14(4)28)22(34-15(5)29)23(36-19)35-18-7-6-17(31-12(2)26)8-16(18)9-24/h6-9,19-23H,10H2,1-5H3/t19-,20-,21+,22-,23-/m1/s1. The van der Waals surface area contributed by atoms with Gasteiger partial charge in [-0.25, -0.2) is 0 Å². The first-order valence-electron chi connectivity index (χ1n) is 10.7. The van der Waals surface area contributed by atoms with Crippen molar-refractivity contribution in [3.8, 4) is 11.5 Å². The van der Waals surface area contributed by atoms with Gasteiger partial charge in [0.05, 0.1) is 5.56 Å². The Hall–Kier alpha value is -4.00. The third kappa shape index (κ3) is 8.05. The molecule has 1 aliphatic heterocycles. The Balaban J connectivity index is 2.51. The smallest absolute Gasteiger partial charge is 0.308 e. The summed E-state index contributed by atoms with van der Waals surface area (Å²) in [6.45, 7) is 5.15. The van der Waals surface area contributed by atoms with E-state index in [9.17, 15) is 28.8 Å². The lowest BCUT2D eigenvalue weighted by Gasteiger charge is -2.44. The van der Waals surface area contributed by atoms with E-state index in [1.807, 2.05) is 0 Å². The van der Waals surface area contributed by atoms with Crippen molar-refractivity contribution >= 4 is 36.1 Å². The van der Waals surface area contributed by atoms with Gasteiger partial charge >= 0.3 is 29.8 Å². The van der Waals surface area contributed by atoms with Crippen LogP contribution < -0.4 is 9.47 Å². The Bertz CT molecular complexity index is 1020. The fourth-order valence-electron chi connectivity index (χ4n) is 3.36. The summed E-state index contributed by atoms with van der Waals surface area (Å²) in [5.41, 5.74) is -0.0541. The number of benzene rings is 1. The van der Waals surface area contributed by atoms with Gasteiger partial charge in [-0.3, -0.25) is 28.8 Å². The molecule has 0 amide bonds. The van der Waals surface area contributed by atoms with E-state index >= 15 is 0 Å². The highest BCUT2D eigenvalue weighted by molar-refractivity contribution is 5.81. The normalized spacial score (nSPS) is 23.0. The maximum atomic E-state index is 11.9. The van der Waals surface area contributed by atoms with Crippen LogP contribution in [0.15, 0.2) is 18.2 Å². The summed E-state index contributed by atoms with van der Waals surface area (Å²) in [4.78, 5) is 69.8. The molecule has 13 nitrogen and oxygen atoms in total. The molecule has 1 aliphatic rings. The van der Waals surface area contributed by atoms with Crippen LogP contribution >= 0.6 is 0 Å². The maximum Gasteiger partial charge on any atom is 0.308 e. The molecule has 13 heteroatoms. The van der Waals surface area contributed by atoms with Gasteiger partial charge in [-0.15, -0.1) is 0 Å². The van der Waals surface area contributed by atoms with Gasteiger partial charge in [-0.1, -0.05) is 0 Å². The summed E-state index contributed by atoms with van der Waals surface area (Å²) in [6, 6.07) is 3.88. The zero-order chi connectivity index (χ0) is 27.0. The van der Waals surface area contributed by atoms with Gasteiger partial charge in [0.25, 0.3) is 0 Å². The van der Waals surface area contributed by atoms with E-state index in [-0.39, 0.29) is 17.1 Å². The molecule has 1 fully saturated rings. The van der Waals surface area contributed by atoms with Crippen LogP contribution in [-0.4, -0.2) is 73.4 Å². The monoisotopic (exact) mass is 510 g/mol. The largest absolute Gasteiger partial charge is 0.463 e. The third-order valence-electron chi connectivity index (χ3n) is 4.56. The molecule has 1 aromatic carbocycles. The van der Waals surface area contributed by atoms with Crippen LogP contribution in [0.4, 0.5) is 0 Å². The lowest BCUT2D eigenvalue weighted by molar-refractivity contribution is -0.288. The number of hydrogen-bond donors (Lipinski definition) is 0. The minimum absolute atomic E-state index is 0.0541. The van der Waals surface area contributed by atoms with Crippen LogP contribution in [-0.2, 0) is 47.7 Å². The van der Waals surface area contributed by atoms with Gasteiger partial charge in [-0.2, -0.15) is 0 Å². The molecule has 36 heavy (non-hydrogen) atoms. The molecule has 1 heterocycles. The quantitative estimate of drug-likeness (QED) is 0.199. The molecular formula is C23H26O13. The Morgan fingerprint density at radius 1 is 0.806 bits per heavy atom. The number of ether oxygens (including phenoxy) is 7. The van der Waals surface area contributed by atoms with Crippen LogP contribution in [0.25, 0.3) is 0 Å². The molecule has 0 unspecified atom stereocenters. The second-order valence-corrected chi connectivity index (χ2v) is 7.60. The van der Waals surface area contributed by atoms with E-state index in [4.69, 9.17) is 33.2 Å². The van der Waals surface area contributed by atoms with Gasteiger partial charge in [0.1, 0.15) is 24.2 Å². The van der Waals surface area contributed by atoms with Gasteiger partial charge in [0, 0.05) is 34.6 Å². The molecule has 1 aromatic rings. The molecule has 0 bridgehead atoms. The minimum Gasteiger partial charge on any atom is -0.463 e. The van der Waals surface area contributed by atoms with Crippen LogP contribution in [0.2, 0.25) is 0 Å². The van der Waals surface area contributed by atoms with E-state index in [1.165, 1.54) is 25.1 Å². The number of esters is 5. The van der Waals surface area contributed by atoms with Crippen molar-refractivity contribution in [2.45, 2.75) is 65.3 Å². The fraction of sp³-hybridized carbons (Fsp3) is 0.478. The second kappa shape index (κ2) is 12.6. The number of carbonyl (C=O) groups is 6. The SMILES string of the molecule is CC(=O)OC[C@H]1O[C@@H](Oc2ccc(OC(C)=O)cc2C=O)[C@H](OC(C)=O)[C@@H](OC(C)=O)[C@@H]1OC(C)=O. The number of aldehydes is 1. The van der Waals surface area contributed by atoms with Gasteiger partial charge in [0.2, 0.25) is 12.4 Å². The average Bonchev–Trinajstić information content (AvgIpc) is 2.76. The molecule has 0 radical (unpaired) electrons. The van der Waals surface area contributed by atoms with Crippen molar-refractivity contribution in [3.63, 3.8) is 0 Å². The molecule has 1 saturated heterocycles. The van der Waals surface area contributed by atoms with Crippen molar-refractivity contribution in [2.24, 2.45) is 0 Å². The summed E-state index contributed by atoms with van der Waals surface area (Å²) in [7, 11) is 0. The maximum absolute atomic E-state index is 11.9. The molecule has 2 rings (SSSR count). The number of carbonyl (C=O) groups excluding carboxylic acids is 6. The summed E-state index contributed by atoms with van der Waals surface area (Å²) in [5, 5.41) is 0. The van der Waals surface area contributed by atoms with Crippen molar-refractivity contribution in [1.82, 2.24) is 0 Å². The van der Waals surface area contributed by atoms with Gasteiger partial charge in [-0.05, 0) is 18.2 Å². The lowest BCUT2D eigenvalue weighted by Crippen LogP contribution is -2.63. The zero-order valence-electron chi connectivity index (χ0n) is 20.2. The fourth-order valence-corrected chi connectivity index (χ4v) is 3.36. The van der Waals surface area contributed by atoms with E-state index in [0.29, 0.717) is 6.29 Å². The third-order valence-corrected chi connectivity index (χ3v) is 4.56. The average molecular weight is 510 g/mol. The Morgan fingerprint density at radius 2 is 1.39 bits per heavy atom. The molecular weight excluding hydrogens is 484 g/mol. The highest BCUT2D eigenvalue weighted by Gasteiger charge is 2.53. The van der Waals surface area contributed by atoms with Crippen molar-refractivity contribution in [1.29, 1.82) is 0 Å². The Labute approximate surface area is 205 Å². The number of rotatable bonds is 9. The predicted molar refractivity (Wildman–Crippen MR) is 116 cm³/mol. The summed E-state index contributed by atoms with van der Waals surface area (Å²) < 4.78 is 37.5. The van der Waals surface area contributed by atoms with Crippen LogP contribution in [0.5, 0.6) is 11.5 Å². The minimum atomic E-state index is -1.52. The highest BCUT2D eigenvalue weighted by Crippen LogP contribution is 2.32. The van der Waals surface area contributed by atoms with E-state index < -0.39 is 67.2 Å². The molecule has 0 saturated carbocycles. The zero-order valence-corrected chi connectivity index (χ0v) is 20.2. The van der Waals surface area contributed by atoms with Crippen molar-refractivity contribution in [3.05, 3.63) is 23.8 Å². The molecule has 0 N–H and O–H groups in total. The summed E-state index contributed by atoms with van der Waals surface area (Å²) in [5.74, 6) is -3.68. The van der Waals surface area contributed by atoms with Crippen molar-refractivity contribution in [2.75, 3.05) is 6.61 Å². The number of hydrogen-bond acceptors (Lipinski definition) is 13. The molecule has 0 aliphatic carbocycles. The summed E-state index contributed by atoms with van der Waals surface area (Å²) in [6.07, 6.45) is -6.59. The first kappa shape index (κ1) is 28.2. The van der Waals surface area contributed by atoms with E-state index in [0.717, 1.165) is 27.7 Å². The molecule has 196 valence electrons. The van der Waals surface area contributed by atoms with Crippen LogP contribution in [0, 0.1) is 0 Å². The first-order chi connectivity index (χ1) is 16.9. The van der Waals surface area contributed by atoms with E-state index in [1.54, 1.807) is 0 Å². The van der Waals surface area contributed by atoms with Gasteiger partial charge < -0.3 is 33.2 Å². The van der Waals surface area contributed by atoms with Crippen LogP contribution in [0.1, 0.15) is 45.0 Å². The van der Waals surface area contributed by atoms with E-state index in [2.05, 4.69) is 0 Å². The van der Waals surface area contributed by atoms with Crippen LogP contribution in [0.3, 0.4) is 0 Å². The predicted octanol–water partition coefficient (Wildman–Crippen LogP) is 0.886. The highest BCUT2D eigenvalue weighted by atomic mass is 16.7. The topological polar surface area (TPSA) is 167 Å². The Kier molecular flexibility index (Phi) is 9.91. The second-order valence-electron chi connectivity index (χ2n) is 7.60. The summed E-state index contributed by atoms with van der Waals surface area (Å²) >= 11 is 0. The lowest BCUT2D eigenvalue weighted by atomic mass is 9.98. The first-order valence-corrected chi connectivity index (χ1v) is 10.7. The molecule has 0 spiro atoms. The van der Waals surface area contributed by atoms with Crippen molar-refractivity contribution < 1.29 is 61.9 Å². The molecule has 5 atom stereocenters. The van der Waals surface area contributed by atoms with Gasteiger partial charge in [0.15, 0.2) is 18.5 Å². The Morgan fingerprint density at radius 3 is 1.92 bits per heavy atom. The molecule has 0 aromatic heterocycles.